The summed E-state index contributed by atoms with van der Waals surface area (Å²) in [4.78, 5) is 11.3. The molecule has 0 aliphatic carbocycles. The number of rotatable bonds is 36. The van der Waals surface area contributed by atoms with Gasteiger partial charge in [-0.25, -0.2) is 0 Å². The van der Waals surface area contributed by atoms with Crippen molar-refractivity contribution in [3.8, 4) is 0 Å². The Labute approximate surface area is 279 Å². The van der Waals surface area contributed by atoms with E-state index in [1.54, 1.807) is 22.9 Å². The van der Waals surface area contributed by atoms with Crippen molar-refractivity contribution in [1.29, 1.82) is 0 Å². The molecule has 0 unspecified atom stereocenters. The van der Waals surface area contributed by atoms with E-state index in [-0.39, 0.29) is 5.91 Å². The lowest BCUT2D eigenvalue weighted by atomic mass is 10.0. The van der Waals surface area contributed by atoms with Gasteiger partial charge in [-0.1, -0.05) is 225 Å². The molecular weight excluding hydrogens is 629 g/mol. The van der Waals surface area contributed by atoms with E-state index in [4.69, 9.17) is 5.21 Å². The Balaban J connectivity index is 3.06. The molecule has 0 aromatic rings. The van der Waals surface area contributed by atoms with Crippen molar-refractivity contribution in [2.75, 3.05) is 0 Å². The molecule has 1 N–H and O–H groups in total. The van der Waals surface area contributed by atoms with Gasteiger partial charge in [-0.2, -0.15) is 3.28 Å². The predicted molar refractivity (Wildman–Crippen MR) is 195 cm³/mol. The summed E-state index contributed by atoms with van der Waals surface area (Å²) in [6.07, 6.45) is 50.1. The molecule has 0 heterocycles. The maximum atomic E-state index is 11.3. The zero-order valence-electron chi connectivity index (χ0n) is 28.6. The van der Waals surface area contributed by atoms with E-state index in [0.29, 0.717) is 9.70 Å². The minimum atomic E-state index is -0.179. The zero-order chi connectivity index (χ0) is 30.6. The highest BCUT2D eigenvalue weighted by atomic mass is 127. The van der Waals surface area contributed by atoms with E-state index in [1.807, 2.05) is 0 Å². The summed E-state index contributed by atoms with van der Waals surface area (Å²) in [7, 11) is 0. The van der Waals surface area contributed by atoms with Crippen molar-refractivity contribution in [3.63, 3.8) is 0 Å². The highest BCUT2D eigenvalue weighted by Gasteiger charge is 2.06. The molecule has 1 amide bonds. The highest BCUT2D eigenvalue weighted by Crippen LogP contribution is 2.17. The molecule has 0 spiro atoms. The van der Waals surface area contributed by atoms with Crippen LogP contribution in [0.4, 0.5) is 0 Å². The van der Waals surface area contributed by atoms with Crippen LogP contribution >= 0.6 is 22.9 Å². The van der Waals surface area contributed by atoms with Gasteiger partial charge in [0.25, 0.3) is 5.91 Å². The van der Waals surface area contributed by atoms with Crippen LogP contribution in [-0.2, 0) is 4.79 Å². The normalized spacial score (nSPS) is 11.4. The fraction of sp³-hybridized carbons (Fsp3) is 0.974. The van der Waals surface area contributed by atoms with E-state index in [2.05, 4.69) is 6.92 Å². The average Bonchev–Trinajstić information content (AvgIpc) is 2.99. The number of halogens is 1. The maximum absolute atomic E-state index is 11.3. The van der Waals surface area contributed by atoms with E-state index in [9.17, 15) is 4.79 Å². The van der Waals surface area contributed by atoms with Gasteiger partial charge in [0, 0.05) is 6.42 Å². The summed E-state index contributed by atoms with van der Waals surface area (Å²) in [5.74, 6) is -0.179. The van der Waals surface area contributed by atoms with Crippen LogP contribution in [0.2, 0.25) is 0 Å². The first-order valence-corrected chi connectivity index (χ1v) is 20.3. The second-order valence-electron chi connectivity index (χ2n) is 13.4. The van der Waals surface area contributed by atoms with Crippen LogP contribution in [0.25, 0.3) is 0 Å². The molecule has 0 bridgehead atoms. The first-order valence-electron chi connectivity index (χ1n) is 19.4. The van der Waals surface area contributed by atoms with Gasteiger partial charge in [-0.15, -0.1) is 0 Å². The monoisotopic (exact) mass is 705 g/mol. The molecule has 0 aromatic carbocycles. The Hall–Kier alpha value is 0.160. The largest absolute Gasteiger partial charge is 0.276 e. The molecule has 0 aliphatic rings. The van der Waals surface area contributed by atoms with Gasteiger partial charge in [0.05, 0.1) is 22.9 Å². The van der Waals surface area contributed by atoms with Gasteiger partial charge >= 0.3 is 0 Å². The Kier molecular flexibility index (Phi) is 37.5. The standard InChI is InChI=1S/C38H76INO2/c1-2-3-4-5-6-7-8-9-10-11-12-13-14-15-16-17-18-19-20-21-22-23-24-25-26-27-28-29-30-31-32-33-34-35-36-37-38(41)40(39)42/h42H,2-37H2,1H3. The molecular formula is C38H76INO2. The first kappa shape index (κ1) is 42.2. The number of hydrogen-bond acceptors (Lipinski definition) is 2. The third kappa shape index (κ3) is 36.4. The fourth-order valence-corrected chi connectivity index (χ4v) is 6.52. The summed E-state index contributed by atoms with van der Waals surface area (Å²) >= 11 is 1.62. The van der Waals surface area contributed by atoms with Crippen molar-refractivity contribution in [2.24, 2.45) is 0 Å². The first-order chi connectivity index (χ1) is 20.7. The quantitative estimate of drug-likeness (QED) is 0.0232. The second kappa shape index (κ2) is 37.3. The summed E-state index contributed by atoms with van der Waals surface area (Å²) in [6, 6.07) is 0. The van der Waals surface area contributed by atoms with Gasteiger partial charge in [0.1, 0.15) is 0 Å². The van der Waals surface area contributed by atoms with Crippen molar-refractivity contribution >= 4 is 28.8 Å². The Bertz CT molecular complexity index is 513. The SMILES string of the molecule is CCCCCCCCCCCCCCCCCCCCCCCCCCCCCCCCCCCCCC(=O)N(O)I. The molecule has 3 nitrogen and oxygen atoms in total. The van der Waals surface area contributed by atoms with Gasteiger partial charge in [-0.3, -0.25) is 10.0 Å². The molecule has 252 valence electrons. The Morgan fingerprint density at radius 2 is 0.548 bits per heavy atom. The van der Waals surface area contributed by atoms with Gasteiger partial charge in [0.2, 0.25) is 0 Å². The van der Waals surface area contributed by atoms with Crippen LogP contribution in [-0.4, -0.2) is 14.4 Å². The van der Waals surface area contributed by atoms with Crippen molar-refractivity contribution in [3.05, 3.63) is 0 Å². The second-order valence-corrected chi connectivity index (χ2v) is 14.3. The van der Waals surface area contributed by atoms with Gasteiger partial charge < -0.3 is 0 Å². The predicted octanol–water partition coefficient (Wildman–Crippen LogP) is 14.6. The minimum Gasteiger partial charge on any atom is -0.276 e. The van der Waals surface area contributed by atoms with Gasteiger partial charge in [0.15, 0.2) is 0 Å². The fourth-order valence-electron chi connectivity index (χ4n) is 6.28. The molecule has 0 fully saturated rings. The summed E-state index contributed by atoms with van der Waals surface area (Å²) in [5, 5.41) is 9.02. The molecule has 0 rings (SSSR count). The number of hydrogen-bond donors (Lipinski definition) is 1. The number of amides is 1. The summed E-state index contributed by atoms with van der Waals surface area (Å²) < 4.78 is 0.682. The van der Waals surface area contributed by atoms with Crippen LogP contribution < -0.4 is 0 Å². The molecule has 0 saturated heterocycles. The van der Waals surface area contributed by atoms with E-state index in [1.165, 1.54) is 212 Å². The van der Waals surface area contributed by atoms with Crippen LogP contribution in [0, 0.1) is 0 Å². The average molecular weight is 706 g/mol. The minimum absolute atomic E-state index is 0.179. The Morgan fingerprint density at radius 1 is 0.381 bits per heavy atom. The molecule has 0 atom stereocenters. The van der Waals surface area contributed by atoms with Crippen molar-refractivity contribution in [2.45, 2.75) is 238 Å². The number of nitrogens with zero attached hydrogens (tertiary/aromatic N) is 1. The molecule has 4 heteroatoms. The lowest BCUT2D eigenvalue weighted by Gasteiger charge is -2.05. The Morgan fingerprint density at radius 3 is 0.714 bits per heavy atom. The number of hydroxylamine groups is 1. The highest BCUT2D eigenvalue weighted by molar-refractivity contribution is 14.1. The number of carbonyl (C=O) groups is 1. The maximum Gasteiger partial charge on any atom is 0.255 e. The molecule has 0 aromatic heterocycles. The van der Waals surface area contributed by atoms with Crippen LogP contribution in [0.3, 0.4) is 0 Å². The van der Waals surface area contributed by atoms with Crippen LogP contribution in [0.1, 0.15) is 238 Å². The van der Waals surface area contributed by atoms with Crippen molar-refractivity contribution < 1.29 is 10.0 Å². The summed E-state index contributed by atoms with van der Waals surface area (Å²) in [6.45, 7) is 2.30. The van der Waals surface area contributed by atoms with E-state index in [0.717, 1.165) is 12.8 Å². The van der Waals surface area contributed by atoms with E-state index >= 15 is 0 Å². The number of carbonyl (C=O) groups excluding carboxylic acids is 1. The lowest BCUT2D eigenvalue weighted by Crippen LogP contribution is -2.15. The molecule has 0 saturated carbocycles. The number of unbranched alkanes of at least 4 members (excludes halogenated alkanes) is 34. The zero-order valence-corrected chi connectivity index (χ0v) is 30.8. The van der Waals surface area contributed by atoms with Crippen LogP contribution in [0.5, 0.6) is 0 Å². The molecule has 0 radical (unpaired) electrons. The van der Waals surface area contributed by atoms with Crippen molar-refractivity contribution in [1.82, 2.24) is 3.28 Å². The lowest BCUT2D eigenvalue weighted by molar-refractivity contribution is -0.141. The smallest absolute Gasteiger partial charge is 0.255 e. The van der Waals surface area contributed by atoms with Gasteiger partial charge in [-0.05, 0) is 6.42 Å². The summed E-state index contributed by atoms with van der Waals surface area (Å²) in [5.41, 5.74) is 0. The van der Waals surface area contributed by atoms with Crippen LogP contribution in [0.15, 0.2) is 0 Å². The topological polar surface area (TPSA) is 40.5 Å². The van der Waals surface area contributed by atoms with E-state index < -0.39 is 0 Å². The third-order valence-corrected chi connectivity index (χ3v) is 9.74. The molecule has 42 heavy (non-hydrogen) atoms. The molecule has 0 aliphatic heterocycles. The third-order valence-electron chi connectivity index (χ3n) is 9.20.